The van der Waals surface area contributed by atoms with Crippen LogP contribution in [0.5, 0.6) is 0 Å². The van der Waals surface area contributed by atoms with Gasteiger partial charge in [-0.25, -0.2) is 0 Å². The van der Waals surface area contributed by atoms with Crippen molar-refractivity contribution in [1.82, 2.24) is 0 Å². The first-order valence-electron chi connectivity index (χ1n) is 3.90. The minimum Gasteiger partial charge on any atom is -0.513 e. The molecule has 0 aromatic heterocycles. The molecule has 13 heavy (non-hydrogen) atoms. The van der Waals surface area contributed by atoms with Crippen molar-refractivity contribution in [1.29, 1.82) is 0 Å². The summed E-state index contributed by atoms with van der Waals surface area (Å²) in [6.45, 7) is 3.19. The van der Waals surface area contributed by atoms with Gasteiger partial charge in [-0.1, -0.05) is 30.8 Å². The van der Waals surface area contributed by atoms with Crippen LogP contribution >= 0.6 is 0 Å². The van der Waals surface area contributed by atoms with Crippen molar-refractivity contribution in [2.75, 3.05) is 0 Å². The molecule has 1 N–H and O–H groups in total. The molecule has 0 fully saturated rings. The maximum atomic E-state index is 9.56. The Kier molecular flexibility index (Phi) is 7.22. The van der Waals surface area contributed by atoms with E-state index in [4.69, 9.17) is 5.11 Å². The highest BCUT2D eigenvalue weighted by Gasteiger charge is 1.83. The number of aldehydes is 1. The van der Waals surface area contributed by atoms with Gasteiger partial charge in [-0.3, -0.25) is 0 Å². The van der Waals surface area contributed by atoms with Crippen LogP contribution in [-0.2, 0) is 4.79 Å². The van der Waals surface area contributed by atoms with Crippen molar-refractivity contribution in [3.8, 4) is 0 Å². The summed E-state index contributed by atoms with van der Waals surface area (Å²) in [4.78, 5) is 9.56. The summed E-state index contributed by atoms with van der Waals surface area (Å²) in [6.07, 6.45) is 1.51. The Morgan fingerprint density at radius 2 is 1.92 bits per heavy atom. The van der Waals surface area contributed by atoms with Crippen molar-refractivity contribution in [3.63, 3.8) is 0 Å². The van der Waals surface area contributed by atoms with Gasteiger partial charge >= 0.3 is 0 Å². The van der Waals surface area contributed by atoms with Crippen molar-refractivity contribution >= 4 is 6.29 Å². The first-order chi connectivity index (χ1) is 6.27. The molecule has 0 saturated carbocycles. The van der Waals surface area contributed by atoms with Gasteiger partial charge in [0.1, 0.15) is 6.29 Å². The quantitative estimate of drug-likeness (QED) is 0.567. The van der Waals surface area contributed by atoms with E-state index in [0.29, 0.717) is 12.8 Å². The summed E-state index contributed by atoms with van der Waals surface area (Å²) >= 11 is 0. The number of aliphatic hydroxyl groups excluding tert-OH is 1. The summed E-state index contributed by atoms with van der Waals surface area (Å²) in [5.41, 5.74) is 0. The highest BCUT2D eigenvalue weighted by Crippen LogP contribution is 1.92. The minimum atomic E-state index is 0.0760. The first-order valence-corrected chi connectivity index (χ1v) is 3.90. The largest absolute Gasteiger partial charge is 0.513 e. The topological polar surface area (TPSA) is 37.3 Å². The lowest BCUT2D eigenvalue weighted by molar-refractivity contribution is -0.107. The number of carbonyl (C=O) groups excluding carboxylic acids is 1. The molecule has 0 radical (unpaired) electrons. The van der Waals surface area contributed by atoms with Gasteiger partial charge in [0.15, 0.2) is 0 Å². The molecule has 0 bridgehead atoms. The zero-order chi connectivity index (χ0) is 9.94. The Hall–Kier alpha value is -1.75. The zero-order valence-electron chi connectivity index (χ0n) is 7.36. The molecule has 1 aromatic rings. The monoisotopic (exact) mass is 176 g/mol. The highest BCUT2D eigenvalue weighted by atomic mass is 16.3. The summed E-state index contributed by atoms with van der Waals surface area (Å²) in [6, 6.07) is 13.0. The maximum absolute atomic E-state index is 9.56. The van der Waals surface area contributed by atoms with Crippen LogP contribution in [0.15, 0.2) is 36.6 Å². The third-order valence-corrected chi connectivity index (χ3v) is 1.10. The van der Waals surface area contributed by atoms with Crippen LogP contribution in [0.2, 0.25) is 0 Å². The summed E-state index contributed by atoms with van der Waals surface area (Å²) in [7, 11) is 0. The maximum Gasteiger partial charge on any atom is 0.120 e. The lowest BCUT2D eigenvalue weighted by atomic mass is 10.3. The molecule has 0 heterocycles. The molecule has 0 spiro atoms. The zero-order valence-corrected chi connectivity index (χ0v) is 7.36. The molecule has 1 aromatic carbocycles. The molecule has 0 aliphatic heterocycles. The summed E-state index contributed by atoms with van der Waals surface area (Å²) in [5.74, 6) is 0.0760. The van der Waals surface area contributed by atoms with E-state index in [1.54, 1.807) is 0 Å². The van der Waals surface area contributed by atoms with E-state index in [2.05, 4.69) is 18.7 Å². The van der Waals surface area contributed by atoms with Crippen molar-refractivity contribution < 1.29 is 9.90 Å². The van der Waals surface area contributed by atoms with Gasteiger partial charge in [0.05, 0.1) is 5.76 Å². The van der Waals surface area contributed by atoms with E-state index >= 15 is 0 Å². The Labute approximate surface area is 78.5 Å². The molecule has 2 heteroatoms. The van der Waals surface area contributed by atoms with E-state index in [1.807, 2.05) is 24.3 Å². The molecule has 2 nitrogen and oxygen atoms in total. The number of carbonyl (C=O) groups is 1. The van der Waals surface area contributed by atoms with Crippen LogP contribution in [0.3, 0.4) is 0 Å². The van der Waals surface area contributed by atoms with Crippen LogP contribution in [0.25, 0.3) is 0 Å². The molecule has 0 aliphatic carbocycles. The Balaban J connectivity index is 0.000000223. The first kappa shape index (κ1) is 11.2. The lowest BCUT2D eigenvalue weighted by Crippen LogP contribution is -1.78. The van der Waals surface area contributed by atoms with Crippen molar-refractivity contribution in [2.24, 2.45) is 0 Å². The van der Waals surface area contributed by atoms with Crippen molar-refractivity contribution in [3.05, 3.63) is 48.7 Å². The van der Waals surface area contributed by atoms with Crippen LogP contribution in [0.4, 0.5) is 0 Å². The summed E-state index contributed by atoms with van der Waals surface area (Å²) < 4.78 is 0. The van der Waals surface area contributed by atoms with Gasteiger partial charge < -0.3 is 9.90 Å². The van der Waals surface area contributed by atoms with Crippen molar-refractivity contribution in [2.45, 2.75) is 12.8 Å². The number of hydrogen-bond acceptors (Lipinski definition) is 2. The second-order valence-electron chi connectivity index (χ2n) is 2.28. The average Bonchev–Trinajstić information content (AvgIpc) is 2.18. The van der Waals surface area contributed by atoms with Gasteiger partial charge in [-0.15, -0.1) is 0 Å². The average molecular weight is 176 g/mol. The second kappa shape index (κ2) is 8.35. The third-order valence-electron chi connectivity index (χ3n) is 1.10. The van der Waals surface area contributed by atoms with Gasteiger partial charge in [-0.05, 0) is 12.1 Å². The Morgan fingerprint density at radius 1 is 1.38 bits per heavy atom. The third kappa shape index (κ3) is 10.2. The van der Waals surface area contributed by atoms with Crippen LogP contribution < -0.4 is 0 Å². The number of rotatable bonds is 3. The van der Waals surface area contributed by atoms with E-state index < -0.39 is 0 Å². The van der Waals surface area contributed by atoms with E-state index in [-0.39, 0.29) is 5.76 Å². The Morgan fingerprint density at radius 3 is 2.08 bits per heavy atom. The molecule has 0 amide bonds. The van der Waals surface area contributed by atoms with Crippen LogP contribution in [-0.4, -0.2) is 11.4 Å². The normalized spacial score (nSPS) is 7.38. The minimum absolute atomic E-state index is 0.0760. The molecular weight excluding hydrogens is 164 g/mol. The van der Waals surface area contributed by atoms with Gasteiger partial charge in [0.25, 0.3) is 0 Å². The highest BCUT2D eigenvalue weighted by molar-refractivity contribution is 5.49. The molecule has 0 saturated heterocycles. The Bertz CT molecular complexity index is 202. The van der Waals surface area contributed by atoms with Gasteiger partial charge in [-0.2, -0.15) is 0 Å². The molecular formula is C11H12O2. The predicted octanol–water partition coefficient (Wildman–Crippen LogP) is 2.32. The van der Waals surface area contributed by atoms with Crippen LogP contribution in [0.1, 0.15) is 12.8 Å². The van der Waals surface area contributed by atoms with E-state index in [0.717, 1.165) is 6.29 Å². The number of allylic oxidation sites excluding steroid dienone is 1. The van der Waals surface area contributed by atoms with Crippen LogP contribution in [0, 0.1) is 12.1 Å². The molecule has 1 rings (SSSR count). The number of aliphatic hydroxyl groups is 1. The molecule has 0 aliphatic rings. The van der Waals surface area contributed by atoms with Gasteiger partial charge in [0, 0.05) is 12.8 Å². The molecule has 0 unspecified atom stereocenters. The lowest BCUT2D eigenvalue weighted by Gasteiger charge is -1.86. The summed E-state index contributed by atoms with van der Waals surface area (Å²) in [5, 5.41) is 8.33. The SMILES string of the molecule is C=C(O)CCC=O.c1ccccc#1. The molecule has 68 valence electrons. The fraction of sp³-hybridized carbons (Fsp3) is 0.182. The second-order valence-corrected chi connectivity index (χ2v) is 2.28. The standard InChI is InChI=1S/C6H4.C5H8O2/c1-2-4-6-5-3-1;1-5(7)3-2-4-6/h1-4H;4,7H,1-3H2. The predicted molar refractivity (Wildman–Crippen MR) is 51.2 cm³/mol. The fourth-order valence-corrected chi connectivity index (χ4v) is 0.529. The molecule has 0 atom stereocenters. The van der Waals surface area contributed by atoms with Gasteiger partial charge in [0.2, 0.25) is 0 Å². The number of hydrogen-bond donors (Lipinski definition) is 1. The van der Waals surface area contributed by atoms with E-state index in [9.17, 15) is 4.79 Å². The smallest absolute Gasteiger partial charge is 0.120 e. The van der Waals surface area contributed by atoms with E-state index in [1.165, 1.54) is 0 Å². The fourth-order valence-electron chi connectivity index (χ4n) is 0.529.